The van der Waals surface area contributed by atoms with Gasteiger partial charge in [-0.3, -0.25) is 0 Å². The van der Waals surface area contributed by atoms with Crippen LogP contribution in [0.4, 0.5) is 5.82 Å². The van der Waals surface area contributed by atoms with Crippen LogP contribution in [-0.4, -0.2) is 50.3 Å². The lowest BCUT2D eigenvalue weighted by atomic mass is 10.4. The molecule has 1 heterocycles. The molecule has 0 aromatic carbocycles. The van der Waals surface area contributed by atoms with Gasteiger partial charge in [-0.1, -0.05) is 0 Å². The second kappa shape index (κ2) is 7.60. The standard InChI is InChI=1S/C11H18BrN3O/c1-15(8-9-16-2)7-6-14-11-10(12)4-3-5-13-11/h3-5H,6-9H2,1-2H3,(H,13,14). The summed E-state index contributed by atoms with van der Waals surface area (Å²) in [6.45, 7) is 3.55. The maximum atomic E-state index is 5.01. The predicted octanol–water partition coefficient (Wildman–Crippen LogP) is 1.83. The van der Waals surface area contributed by atoms with Crippen molar-refractivity contribution in [2.45, 2.75) is 0 Å². The zero-order valence-corrected chi connectivity index (χ0v) is 11.3. The fourth-order valence-electron chi connectivity index (χ4n) is 1.24. The first-order chi connectivity index (χ1) is 7.74. The van der Waals surface area contributed by atoms with Crippen LogP contribution < -0.4 is 5.32 Å². The molecule has 0 aliphatic rings. The minimum atomic E-state index is 0.768. The molecule has 0 amide bonds. The van der Waals surface area contributed by atoms with E-state index in [0.29, 0.717) is 0 Å². The number of nitrogens with zero attached hydrogens (tertiary/aromatic N) is 2. The van der Waals surface area contributed by atoms with Gasteiger partial charge in [-0.25, -0.2) is 4.98 Å². The largest absolute Gasteiger partial charge is 0.383 e. The van der Waals surface area contributed by atoms with Crippen molar-refractivity contribution in [1.29, 1.82) is 0 Å². The Labute approximate surface area is 105 Å². The average molecular weight is 288 g/mol. The number of aromatic nitrogens is 1. The third-order valence-electron chi connectivity index (χ3n) is 2.22. The number of halogens is 1. The molecule has 0 unspecified atom stereocenters. The van der Waals surface area contributed by atoms with Gasteiger partial charge in [-0.15, -0.1) is 0 Å². The Morgan fingerprint density at radius 1 is 1.50 bits per heavy atom. The van der Waals surface area contributed by atoms with Crippen LogP contribution in [0.25, 0.3) is 0 Å². The molecule has 0 spiro atoms. The number of likely N-dealkylation sites (N-methyl/N-ethyl adjacent to an activating group) is 1. The Morgan fingerprint density at radius 2 is 2.31 bits per heavy atom. The summed E-state index contributed by atoms with van der Waals surface area (Å²) in [6, 6.07) is 3.88. The maximum absolute atomic E-state index is 5.01. The molecule has 16 heavy (non-hydrogen) atoms. The van der Waals surface area contributed by atoms with Crippen molar-refractivity contribution in [2.75, 3.05) is 45.7 Å². The molecule has 0 fully saturated rings. The Hall–Kier alpha value is -0.650. The molecular weight excluding hydrogens is 270 g/mol. The molecule has 90 valence electrons. The molecule has 0 radical (unpaired) electrons. The third kappa shape index (κ3) is 4.92. The smallest absolute Gasteiger partial charge is 0.140 e. The van der Waals surface area contributed by atoms with Crippen molar-refractivity contribution in [3.63, 3.8) is 0 Å². The van der Waals surface area contributed by atoms with Crippen molar-refractivity contribution in [1.82, 2.24) is 9.88 Å². The van der Waals surface area contributed by atoms with Crippen LogP contribution in [0, 0.1) is 0 Å². The summed E-state index contributed by atoms with van der Waals surface area (Å²) in [6.07, 6.45) is 1.78. The van der Waals surface area contributed by atoms with Crippen LogP contribution in [0.3, 0.4) is 0 Å². The molecule has 1 aromatic heterocycles. The molecule has 1 rings (SSSR count). The van der Waals surface area contributed by atoms with Gasteiger partial charge in [-0.05, 0) is 35.1 Å². The van der Waals surface area contributed by atoms with Crippen LogP contribution in [-0.2, 0) is 4.74 Å². The summed E-state index contributed by atoms with van der Waals surface area (Å²) >= 11 is 3.45. The van der Waals surface area contributed by atoms with Gasteiger partial charge in [0.25, 0.3) is 0 Å². The Bertz CT molecular complexity index is 309. The van der Waals surface area contributed by atoms with E-state index in [1.165, 1.54) is 0 Å². The first-order valence-electron chi connectivity index (χ1n) is 5.26. The van der Waals surface area contributed by atoms with Gasteiger partial charge < -0.3 is 15.0 Å². The molecule has 0 atom stereocenters. The first-order valence-corrected chi connectivity index (χ1v) is 6.05. The number of nitrogens with one attached hydrogen (secondary N) is 1. The van der Waals surface area contributed by atoms with Gasteiger partial charge in [0.1, 0.15) is 5.82 Å². The topological polar surface area (TPSA) is 37.4 Å². The fraction of sp³-hybridized carbons (Fsp3) is 0.545. The number of hydrogen-bond donors (Lipinski definition) is 1. The quantitative estimate of drug-likeness (QED) is 0.830. The molecule has 0 saturated carbocycles. The Kier molecular flexibility index (Phi) is 6.37. The molecule has 0 saturated heterocycles. The lowest BCUT2D eigenvalue weighted by molar-refractivity contribution is 0.163. The van der Waals surface area contributed by atoms with Crippen LogP contribution in [0.15, 0.2) is 22.8 Å². The van der Waals surface area contributed by atoms with Crippen LogP contribution in [0.5, 0.6) is 0 Å². The molecule has 0 aliphatic carbocycles. The summed E-state index contributed by atoms with van der Waals surface area (Å²) in [5, 5.41) is 3.28. The second-order valence-electron chi connectivity index (χ2n) is 3.56. The zero-order valence-electron chi connectivity index (χ0n) is 9.74. The molecule has 4 nitrogen and oxygen atoms in total. The summed E-state index contributed by atoms with van der Waals surface area (Å²) < 4.78 is 6.01. The highest BCUT2D eigenvalue weighted by atomic mass is 79.9. The first kappa shape index (κ1) is 13.4. The van der Waals surface area contributed by atoms with Crippen molar-refractivity contribution >= 4 is 21.7 Å². The summed E-state index contributed by atoms with van der Waals surface area (Å²) in [4.78, 5) is 6.45. The number of anilines is 1. The highest BCUT2D eigenvalue weighted by Crippen LogP contribution is 2.17. The van der Waals surface area contributed by atoms with E-state index in [-0.39, 0.29) is 0 Å². The number of methoxy groups -OCH3 is 1. The van der Waals surface area contributed by atoms with Gasteiger partial charge in [0, 0.05) is 32.9 Å². The summed E-state index contributed by atoms with van der Waals surface area (Å²) in [7, 11) is 3.80. The Balaban J connectivity index is 2.23. The van der Waals surface area contributed by atoms with Gasteiger partial charge in [0.15, 0.2) is 0 Å². The zero-order chi connectivity index (χ0) is 11.8. The summed E-state index contributed by atoms with van der Waals surface area (Å²) in [5.74, 6) is 0.891. The minimum Gasteiger partial charge on any atom is -0.383 e. The summed E-state index contributed by atoms with van der Waals surface area (Å²) in [5.41, 5.74) is 0. The highest BCUT2D eigenvalue weighted by molar-refractivity contribution is 9.10. The van der Waals surface area contributed by atoms with Gasteiger partial charge in [0.2, 0.25) is 0 Å². The average Bonchev–Trinajstić information content (AvgIpc) is 2.29. The van der Waals surface area contributed by atoms with Crippen LogP contribution >= 0.6 is 15.9 Å². The Morgan fingerprint density at radius 3 is 3.00 bits per heavy atom. The molecule has 1 aromatic rings. The van der Waals surface area contributed by atoms with Gasteiger partial charge in [0.05, 0.1) is 11.1 Å². The van der Waals surface area contributed by atoms with Crippen molar-refractivity contribution < 1.29 is 4.74 Å². The number of rotatable bonds is 7. The lowest BCUT2D eigenvalue weighted by Crippen LogP contribution is -2.28. The number of pyridine rings is 1. The monoisotopic (exact) mass is 287 g/mol. The third-order valence-corrected chi connectivity index (χ3v) is 2.86. The lowest BCUT2D eigenvalue weighted by Gasteiger charge is -2.16. The van der Waals surface area contributed by atoms with E-state index in [9.17, 15) is 0 Å². The van der Waals surface area contributed by atoms with Crippen LogP contribution in [0.1, 0.15) is 0 Å². The van der Waals surface area contributed by atoms with Gasteiger partial charge in [-0.2, -0.15) is 0 Å². The SMILES string of the molecule is COCCN(C)CCNc1ncccc1Br. The molecule has 1 N–H and O–H groups in total. The van der Waals surface area contributed by atoms with E-state index in [4.69, 9.17) is 4.74 Å². The fourth-order valence-corrected chi connectivity index (χ4v) is 1.64. The number of hydrogen-bond acceptors (Lipinski definition) is 4. The predicted molar refractivity (Wildman–Crippen MR) is 69.8 cm³/mol. The van der Waals surface area contributed by atoms with E-state index < -0.39 is 0 Å². The van der Waals surface area contributed by atoms with E-state index in [1.807, 2.05) is 12.1 Å². The van der Waals surface area contributed by atoms with E-state index in [2.05, 4.69) is 38.2 Å². The van der Waals surface area contributed by atoms with Crippen LogP contribution in [0.2, 0.25) is 0 Å². The van der Waals surface area contributed by atoms with Crippen molar-refractivity contribution in [2.24, 2.45) is 0 Å². The highest BCUT2D eigenvalue weighted by Gasteiger charge is 2.00. The molecule has 0 aliphatic heterocycles. The normalized spacial score (nSPS) is 10.8. The van der Waals surface area contributed by atoms with Crippen molar-refractivity contribution in [3.05, 3.63) is 22.8 Å². The molecule has 5 heteroatoms. The second-order valence-corrected chi connectivity index (χ2v) is 4.41. The minimum absolute atomic E-state index is 0.768. The van der Waals surface area contributed by atoms with Crippen molar-refractivity contribution in [3.8, 4) is 0 Å². The molecule has 0 bridgehead atoms. The number of ether oxygens (including phenoxy) is 1. The van der Waals surface area contributed by atoms with E-state index >= 15 is 0 Å². The maximum Gasteiger partial charge on any atom is 0.140 e. The van der Waals surface area contributed by atoms with E-state index in [0.717, 1.165) is 36.5 Å². The van der Waals surface area contributed by atoms with Gasteiger partial charge >= 0.3 is 0 Å². The van der Waals surface area contributed by atoms with E-state index in [1.54, 1.807) is 13.3 Å². The molecular formula is C11H18BrN3O.